The molecule has 8 nitrogen and oxygen atoms in total. The molecule has 0 radical (unpaired) electrons. The maximum absolute atomic E-state index is 12.6. The molecule has 0 aliphatic rings. The van der Waals surface area contributed by atoms with E-state index in [0.717, 1.165) is 5.56 Å². The van der Waals surface area contributed by atoms with Gasteiger partial charge >= 0.3 is 0 Å². The molecule has 0 atom stereocenters. The molecule has 0 amide bonds. The summed E-state index contributed by atoms with van der Waals surface area (Å²) in [5, 5.41) is 14.9. The lowest BCUT2D eigenvalue weighted by Crippen LogP contribution is -2.14. The topological polar surface area (TPSA) is 110 Å². The van der Waals surface area contributed by atoms with E-state index in [1.54, 1.807) is 44.2 Å². The summed E-state index contributed by atoms with van der Waals surface area (Å²) >= 11 is 0. The zero-order chi connectivity index (χ0) is 20.3. The summed E-state index contributed by atoms with van der Waals surface area (Å²) in [6, 6.07) is 10.5. The van der Waals surface area contributed by atoms with Crippen LogP contribution in [0.4, 0.5) is 5.69 Å². The van der Waals surface area contributed by atoms with E-state index in [0.29, 0.717) is 41.2 Å². The van der Waals surface area contributed by atoms with E-state index in [9.17, 15) is 8.42 Å². The van der Waals surface area contributed by atoms with Crippen molar-refractivity contribution in [3.05, 3.63) is 47.8 Å². The number of aromatic nitrogens is 4. The smallest absolute Gasteiger partial charge is 0.265 e. The van der Waals surface area contributed by atoms with Gasteiger partial charge in [-0.15, -0.1) is 10.2 Å². The van der Waals surface area contributed by atoms with Crippen LogP contribution in [-0.4, -0.2) is 35.4 Å². The fourth-order valence-corrected chi connectivity index (χ4v) is 4.09. The Balaban J connectivity index is 1.73. The van der Waals surface area contributed by atoms with Crippen molar-refractivity contribution in [1.29, 1.82) is 0 Å². The normalized spacial score (nSPS) is 11.6. The van der Waals surface area contributed by atoms with Gasteiger partial charge in [0.2, 0.25) is 5.88 Å². The summed E-state index contributed by atoms with van der Waals surface area (Å²) in [7, 11) is -3.72. The molecule has 1 aromatic carbocycles. The number of nitrogens with zero attached hydrogens (tertiary/aromatic N) is 3. The van der Waals surface area contributed by atoms with Crippen LogP contribution >= 0.6 is 0 Å². The molecule has 0 spiro atoms. The number of aryl methyl sites for hydroxylation is 2. The average Bonchev–Trinajstić information content (AvgIpc) is 3.00. The van der Waals surface area contributed by atoms with Crippen molar-refractivity contribution in [3.63, 3.8) is 0 Å². The molecule has 2 aromatic heterocycles. The number of ether oxygens (including phenoxy) is 1. The number of rotatable bonds is 7. The van der Waals surface area contributed by atoms with Crippen molar-refractivity contribution in [1.82, 2.24) is 20.4 Å². The zero-order valence-electron chi connectivity index (χ0n) is 16.2. The van der Waals surface area contributed by atoms with Crippen LogP contribution in [0.5, 0.6) is 5.88 Å². The number of benzene rings is 1. The highest BCUT2D eigenvalue weighted by atomic mass is 32.2. The Bertz CT molecular complexity index is 1020. The van der Waals surface area contributed by atoms with Gasteiger partial charge in [-0.05, 0) is 38.0 Å². The van der Waals surface area contributed by atoms with E-state index in [2.05, 4.69) is 39.0 Å². The minimum atomic E-state index is -3.72. The highest BCUT2D eigenvalue weighted by Gasteiger charge is 2.22. The molecule has 0 saturated heterocycles. The fourth-order valence-electron chi connectivity index (χ4n) is 2.65. The first-order chi connectivity index (χ1) is 13.3. The Kier molecular flexibility index (Phi) is 5.64. The standard InChI is InChI=1S/C19H23N5O3S/c1-12(2)11-27-18-10-9-17(22-23-18)15-5-7-16(8-6-15)24-28(25,26)19-13(3)20-21-14(19)4/h5-10,12,24H,11H2,1-4H3,(H,20,21). The van der Waals surface area contributed by atoms with Crippen LogP contribution < -0.4 is 9.46 Å². The van der Waals surface area contributed by atoms with Gasteiger partial charge in [0.15, 0.2) is 0 Å². The summed E-state index contributed by atoms with van der Waals surface area (Å²) in [6.45, 7) is 8.03. The summed E-state index contributed by atoms with van der Waals surface area (Å²) < 4.78 is 33.3. The molecular formula is C19H23N5O3S. The average molecular weight is 401 g/mol. The summed E-state index contributed by atoms with van der Waals surface area (Å²) in [4.78, 5) is 0.166. The monoisotopic (exact) mass is 401 g/mol. The minimum absolute atomic E-state index is 0.166. The van der Waals surface area contributed by atoms with Gasteiger partial charge in [-0.2, -0.15) is 5.10 Å². The third kappa shape index (κ3) is 4.48. The van der Waals surface area contributed by atoms with Gasteiger partial charge in [-0.25, -0.2) is 8.42 Å². The van der Waals surface area contributed by atoms with E-state index in [1.165, 1.54) is 0 Å². The number of nitrogens with one attached hydrogen (secondary N) is 2. The second-order valence-corrected chi connectivity index (χ2v) is 8.53. The van der Waals surface area contributed by atoms with E-state index >= 15 is 0 Å². The third-order valence-electron chi connectivity index (χ3n) is 3.97. The number of hydrogen-bond donors (Lipinski definition) is 2. The largest absolute Gasteiger partial charge is 0.476 e. The number of aromatic amines is 1. The number of hydrogen-bond acceptors (Lipinski definition) is 6. The molecule has 28 heavy (non-hydrogen) atoms. The molecule has 0 aliphatic carbocycles. The second-order valence-electron chi connectivity index (χ2n) is 6.91. The van der Waals surface area contributed by atoms with E-state index in [4.69, 9.17) is 4.74 Å². The van der Waals surface area contributed by atoms with Crippen LogP contribution in [0.25, 0.3) is 11.3 Å². The second kappa shape index (κ2) is 7.97. The zero-order valence-corrected chi connectivity index (χ0v) is 17.0. The Morgan fingerprint density at radius 1 is 1.07 bits per heavy atom. The maximum Gasteiger partial charge on any atom is 0.265 e. The van der Waals surface area contributed by atoms with Crippen molar-refractivity contribution < 1.29 is 13.2 Å². The lowest BCUT2D eigenvalue weighted by Gasteiger charge is -2.09. The molecule has 2 N–H and O–H groups in total. The van der Waals surface area contributed by atoms with Crippen molar-refractivity contribution in [3.8, 4) is 17.1 Å². The van der Waals surface area contributed by atoms with Gasteiger partial charge in [0.1, 0.15) is 4.90 Å². The molecule has 9 heteroatoms. The molecule has 0 unspecified atom stereocenters. The van der Waals surface area contributed by atoms with Gasteiger partial charge in [-0.1, -0.05) is 26.0 Å². The van der Waals surface area contributed by atoms with Crippen LogP contribution in [0.15, 0.2) is 41.3 Å². The molecule has 3 aromatic rings. The molecule has 0 saturated carbocycles. The Morgan fingerprint density at radius 3 is 2.32 bits per heavy atom. The maximum atomic E-state index is 12.6. The number of H-pyrrole nitrogens is 1. The van der Waals surface area contributed by atoms with Gasteiger partial charge in [0.25, 0.3) is 10.0 Å². The van der Waals surface area contributed by atoms with Crippen molar-refractivity contribution in [2.75, 3.05) is 11.3 Å². The quantitative estimate of drug-likeness (QED) is 0.628. The highest BCUT2D eigenvalue weighted by molar-refractivity contribution is 7.92. The van der Waals surface area contributed by atoms with Crippen LogP contribution in [-0.2, 0) is 10.0 Å². The van der Waals surface area contributed by atoms with E-state index in [-0.39, 0.29) is 4.90 Å². The Hall–Kier alpha value is -2.94. The van der Waals surface area contributed by atoms with Crippen LogP contribution in [0.2, 0.25) is 0 Å². The molecule has 0 aliphatic heterocycles. The molecule has 0 fully saturated rings. The molecular weight excluding hydrogens is 378 g/mol. The third-order valence-corrected chi connectivity index (χ3v) is 5.61. The van der Waals surface area contributed by atoms with Crippen molar-refractivity contribution in [2.45, 2.75) is 32.6 Å². The van der Waals surface area contributed by atoms with Gasteiger partial charge in [0, 0.05) is 17.3 Å². The van der Waals surface area contributed by atoms with Crippen molar-refractivity contribution in [2.24, 2.45) is 5.92 Å². The summed E-state index contributed by atoms with van der Waals surface area (Å²) in [6.07, 6.45) is 0. The van der Waals surface area contributed by atoms with E-state index in [1.807, 2.05) is 6.07 Å². The van der Waals surface area contributed by atoms with Crippen LogP contribution in [0.1, 0.15) is 25.2 Å². The number of sulfonamides is 1. The Labute approximate surface area is 164 Å². The lowest BCUT2D eigenvalue weighted by molar-refractivity contribution is 0.258. The van der Waals surface area contributed by atoms with Gasteiger partial charge in [0.05, 0.1) is 23.7 Å². The van der Waals surface area contributed by atoms with Gasteiger partial charge in [-0.3, -0.25) is 9.82 Å². The predicted molar refractivity (Wildman–Crippen MR) is 107 cm³/mol. The first kappa shape index (κ1) is 19.8. The molecule has 0 bridgehead atoms. The molecule has 3 rings (SSSR count). The van der Waals surface area contributed by atoms with Gasteiger partial charge < -0.3 is 4.74 Å². The predicted octanol–water partition coefficient (Wildman–Crippen LogP) is 3.32. The molecule has 2 heterocycles. The van der Waals surface area contributed by atoms with E-state index < -0.39 is 10.0 Å². The first-order valence-electron chi connectivity index (χ1n) is 8.87. The van der Waals surface area contributed by atoms with Crippen molar-refractivity contribution >= 4 is 15.7 Å². The SMILES string of the molecule is Cc1n[nH]c(C)c1S(=O)(=O)Nc1ccc(-c2ccc(OCC(C)C)nn2)cc1. The molecule has 148 valence electrons. The first-order valence-corrected chi connectivity index (χ1v) is 10.4. The lowest BCUT2D eigenvalue weighted by atomic mass is 10.1. The number of anilines is 1. The minimum Gasteiger partial charge on any atom is -0.476 e. The highest BCUT2D eigenvalue weighted by Crippen LogP contribution is 2.24. The fraction of sp³-hybridized carbons (Fsp3) is 0.316. The van der Waals surface area contributed by atoms with Crippen LogP contribution in [0, 0.1) is 19.8 Å². The van der Waals surface area contributed by atoms with Crippen LogP contribution in [0.3, 0.4) is 0 Å². The summed E-state index contributed by atoms with van der Waals surface area (Å²) in [5.41, 5.74) is 2.87. The summed E-state index contributed by atoms with van der Waals surface area (Å²) in [5.74, 6) is 0.889. The Morgan fingerprint density at radius 2 is 1.79 bits per heavy atom.